The van der Waals surface area contributed by atoms with E-state index in [2.05, 4.69) is 57.7 Å². The number of nitrogens with one attached hydrogen (secondary N) is 1. The molecule has 1 aromatic carbocycles. The van der Waals surface area contributed by atoms with Gasteiger partial charge in [0.1, 0.15) is 0 Å². The molecule has 1 aromatic rings. The van der Waals surface area contributed by atoms with Crippen molar-refractivity contribution < 1.29 is 4.79 Å². The highest BCUT2D eigenvalue weighted by atomic mass is 127. The van der Waals surface area contributed by atoms with Crippen LogP contribution in [0.5, 0.6) is 0 Å². The van der Waals surface area contributed by atoms with Crippen molar-refractivity contribution in [2.75, 3.05) is 5.33 Å². The number of alkyl halides is 1. The van der Waals surface area contributed by atoms with E-state index in [1.54, 1.807) is 12.1 Å². The first-order valence-corrected chi connectivity index (χ1v) is 7.85. The van der Waals surface area contributed by atoms with Crippen LogP contribution in [0.25, 0.3) is 0 Å². The van der Waals surface area contributed by atoms with Crippen molar-refractivity contribution in [2.24, 2.45) is 5.92 Å². The monoisotopic (exact) mass is 429 g/mol. The number of carbonyl (C=O) groups is 1. The van der Waals surface area contributed by atoms with Crippen LogP contribution in [-0.2, 0) is 0 Å². The van der Waals surface area contributed by atoms with Crippen LogP contribution in [0.4, 0.5) is 0 Å². The molecular formula is C12H14BrClINO. The van der Waals surface area contributed by atoms with Crippen molar-refractivity contribution in [1.29, 1.82) is 0 Å². The number of hydrogen-bond acceptors (Lipinski definition) is 1. The van der Waals surface area contributed by atoms with E-state index in [1.165, 1.54) is 0 Å². The average molecular weight is 431 g/mol. The van der Waals surface area contributed by atoms with Gasteiger partial charge in [0.2, 0.25) is 0 Å². The van der Waals surface area contributed by atoms with Crippen molar-refractivity contribution in [3.63, 3.8) is 0 Å². The Kier molecular flexibility index (Phi) is 6.23. The summed E-state index contributed by atoms with van der Waals surface area (Å²) in [6.45, 7) is 4.16. The fourth-order valence-corrected chi connectivity index (χ4v) is 2.96. The van der Waals surface area contributed by atoms with E-state index in [9.17, 15) is 4.79 Å². The summed E-state index contributed by atoms with van der Waals surface area (Å²) >= 11 is 11.4. The molecule has 1 unspecified atom stereocenters. The summed E-state index contributed by atoms with van der Waals surface area (Å²) in [5.41, 5.74) is 0.629. The molecule has 0 aliphatic rings. The van der Waals surface area contributed by atoms with E-state index >= 15 is 0 Å². The molecule has 0 aliphatic carbocycles. The molecule has 0 radical (unpaired) electrons. The number of benzene rings is 1. The minimum absolute atomic E-state index is 0.0740. The molecule has 0 aliphatic heterocycles. The standard InChI is InChI=1S/C12H14BrClINO/c1-7(2)11(6-13)16-12(17)9-5-8(14)3-4-10(9)15/h3-5,7,11H,6H2,1-2H3,(H,16,17). The van der Waals surface area contributed by atoms with E-state index < -0.39 is 0 Å². The number of hydrogen-bond donors (Lipinski definition) is 1. The van der Waals surface area contributed by atoms with Crippen LogP contribution < -0.4 is 5.32 Å². The maximum Gasteiger partial charge on any atom is 0.252 e. The van der Waals surface area contributed by atoms with Gasteiger partial charge in [-0.15, -0.1) is 0 Å². The summed E-state index contributed by atoms with van der Waals surface area (Å²) in [6.07, 6.45) is 0. The number of carbonyl (C=O) groups excluding carboxylic acids is 1. The van der Waals surface area contributed by atoms with Crippen molar-refractivity contribution in [2.45, 2.75) is 19.9 Å². The van der Waals surface area contributed by atoms with E-state index in [0.29, 0.717) is 16.5 Å². The second kappa shape index (κ2) is 6.95. The molecule has 0 bridgehead atoms. The minimum Gasteiger partial charge on any atom is -0.348 e. The Morgan fingerprint density at radius 2 is 2.18 bits per heavy atom. The van der Waals surface area contributed by atoms with Crippen LogP contribution in [0, 0.1) is 9.49 Å². The molecule has 17 heavy (non-hydrogen) atoms. The third-order valence-corrected chi connectivity index (χ3v) is 4.33. The molecule has 1 rings (SSSR count). The smallest absolute Gasteiger partial charge is 0.252 e. The van der Waals surface area contributed by atoms with Gasteiger partial charge in [0, 0.05) is 20.0 Å². The highest BCUT2D eigenvalue weighted by Crippen LogP contribution is 2.18. The van der Waals surface area contributed by atoms with Crippen LogP contribution in [0.15, 0.2) is 18.2 Å². The third-order valence-electron chi connectivity index (χ3n) is 2.46. The van der Waals surface area contributed by atoms with E-state index in [0.717, 1.165) is 8.90 Å². The summed E-state index contributed by atoms with van der Waals surface area (Å²) in [7, 11) is 0. The lowest BCUT2D eigenvalue weighted by Crippen LogP contribution is -2.40. The lowest BCUT2D eigenvalue weighted by molar-refractivity contribution is 0.0931. The van der Waals surface area contributed by atoms with Gasteiger partial charge in [0.25, 0.3) is 5.91 Å². The zero-order chi connectivity index (χ0) is 13.0. The highest BCUT2D eigenvalue weighted by molar-refractivity contribution is 14.1. The van der Waals surface area contributed by atoms with Gasteiger partial charge in [-0.05, 0) is 46.7 Å². The predicted octanol–water partition coefficient (Wildman–Crippen LogP) is 4.09. The van der Waals surface area contributed by atoms with Crippen LogP contribution in [0.1, 0.15) is 24.2 Å². The minimum atomic E-state index is -0.0740. The third kappa shape index (κ3) is 4.41. The van der Waals surface area contributed by atoms with Crippen molar-refractivity contribution in [3.8, 4) is 0 Å². The lowest BCUT2D eigenvalue weighted by atomic mass is 10.1. The molecule has 0 saturated carbocycles. The SMILES string of the molecule is CC(C)C(CBr)NC(=O)c1cc(Cl)ccc1I. The predicted molar refractivity (Wildman–Crippen MR) is 84.1 cm³/mol. The first kappa shape index (κ1) is 15.2. The fraction of sp³-hybridized carbons (Fsp3) is 0.417. The Morgan fingerprint density at radius 3 is 2.71 bits per heavy atom. The van der Waals surface area contributed by atoms with Crippen LogP contribution in [-0.4, -0.2) is 17.3 Å². The Hall–Kier alpha value is 0.190. The zero-order valence-corrected chi connectivity index (χ0v) is 14.1. The van der Waals surface area contributed by atoms with Gasteiger partial charge in [-0.25, -0.2) is 0 Å². The summed E-state index contributed by atoms with van der Waals surface area (Å²) in [5.74, 6) is 0.310. The van der Waals surface area contributed by atoms with Gasteiger partial charge in [0.05, 0.1) is 5.56 Å². The van der Waals surface area contributed by atoms with E-state index in [1.807, 2.05) is 6.07 Å². The lowest BCUT2D eigenvalue weighted by Gasteiger charge is -2.20. The Morgan fingerprint density at radius 1 is 1.53 bits per heavy atom. The summed E-state index contributed by atoms with van der Waals surface area (Å²) in [4.78, 5) is 12.1. The summed E-state index contributed by atoms with van der Waals surface area (Å²) in [5, 5.41) is 4.32. The molecule has 0 spiro atoms. The first-order chi connectivity index (χ1) is 7.95. The first-order valence-electron chi connectivity index (χ1n) is 5.27. The molecular weight excluding hydrogens is 416 g/mol. The average Bonchev–Trinajstić information content (AvgIpc) is 2.28. The van der Waals surface area contributed by atoms with Crippen LogP contribution in [0.3, 0.4) is 0 Å². The fourth-order valence-electron chi connectivity index (χ4n) is 1.30. The number of amides is 1. The van der Waals surface area contributed by atoms with Crippen molar-refractivity contribution >= 4 is 56.0 Å². The molecule has 1 N–H and O–H groups in total. The molecule has 0 aromatic heterocycles. The van der Waals surface area contributed by atoms with Gasteiger partial charge < -0.3 is 5.32 Å². The van der Waals surface area contributed by atoms with E-state index in [-0.39, 0.29) is 11.9 Å². The number of halogens is 3. The molecule has 0 fully saturated rings. The van der Waals surface area contributed by atoms with Gasteiger partial charge in [-0.2, -0.15) is 0 Å². The summed E-state index contributed by atoms with van der Waals surface area (Å²) in [6, 6.07) is 5.45. The van der Waals surface area contributed by atoms with Crippen LogP contribution in [0.2, 0.25) is 5.02 Å². The molecule has 1 atom stereocenters. The maximum absolute atomic E-state index is 12.1. The Labute approximate surface area is 129 Å². The van der Waals surface area contributed by atoms with Gasteiger partial charge in [-0.1, -0.05) is 41.4 Å². The van der Waals surface area contributed by atoms with Crippen molar-refractivity contribution in [3.05, 3.63) is 32.4 Å². The Bertz CT molecular complexity index is 411. The summed E-state index contributed by atoms with van der Waals surface area (Å²) < 4.78 is 0.904. The molecule has 5 heteroatoms. The molecule has 0 heterocycles. The van der Waals surface area contributed by atoms with E-state index in [4.69, 9.17) is 11.6 Å². The quantitative estimate of drug-likeness (QED) is 0.566. The largest absolute Gasteiger partial charge is 0.348 e. The molecule has 0 saturated heterocycles. The molecule has 94 valence electrons. The molecule has 2 nitrogen and oxygen atoms in total. The van der Waals surface area contributed by atoms with Gasteiger partial charge in [0.15, 0.2) is 0 Å². The highest BCUT2D eigenvalue weighted by Gasteiger charge is 2.17. The second-order valence-electron chi connectivity index (χ2n) is 4.10. The maximum atomic E-state index is 12.1. The van der Waals surface area contributed by atoms with Gasteiger partial charge >= 0.3 is 0 Å². The van der Waals surface area contributed by atoms with Crippen molar-refractivity contribution in [1.82, 2.24) is 5.32 Å². The number of rotatable bonds is 4. The molecule has 1 amide bonds. The Balaban J connectivity index is 2.86. The van der Waals surface area contributed by atoms with Gasteiger partial charge in [-0.3, -0.25) is 4.79 Å². The second-order valence-corrected chi connectivity index (χ2v) is 6.35. The normalized spacial score (nSPS) is 12.6. The topological polar surface area (TPSA) is 29.1 Å². The van der Waals surface area contributed by atoms with Crippen LogP contribution >= 0.6 is 50.1 Å². The zero-order valence-electron chi connectivity index (χ0n) is 9.64.